The summed E-state index contributed by atoms with van der Waals surface area (Å²) in [6.45, 7) is 16.2. The number of hydrogen-bond donors (Lipinski definition) is 0. The van der Waals surface area contributed by atoms with Crippen LogP contribution in [0.4, 0.5) is 0 Å². The molecule has 1 atom stereocenters. The molecule has 1 aliphatic carbocycles. The van der Waals surface area contributed by atoms with Crippen molar-refractivity contribution in [2.45, 2.75) is 66.7 Å². The first-order chi connectivity index (χ1) is 10.9. The standard InChI is InChI=1S/C21H37NO/c1-17(2)16-21(4,5)19-9-10-20(18(3)15-19)23-14-13-22-11-7-6-8-12-22/h9-10,17-18H,6-8,11-16H2,1-5H3. The van der Waals surface area contributed by atoms with Gasteiger partial charge in [0.05, 0.1) is 5.76 Å². The van der Waals surface area contributed by atoms with E-state index in [9.17, 15) is 0 Å². The van der Waals surface area contributed by atoms with Gasteiger partial charge < -0.3 is 4.74 Å². The van der Waals surface area contributed by atoms with E-state index in [2.05, 4.69) is 51.7 Å². The second kappa shape index (κ2) is 8.37. The number of nitrogens with zero attached hydrogens (tertiary/aromatic N) is 1. The summed E-state index contributed by atoms with van der Waals surface area (Å²) in [5, 5.41) is 0. The van der Waals surface area contributed by atoms with Gasteiger partial charge in [-0.05, 0) is 56.2 Å². The smallest absolute Gasteiger partial charge is 0.100 e. The van der Waals surface area contributed by atoms with Gasteiger partial charge in [-0.15, -0.1) is 0 Å². The molecule has 2 nitrogen and oxygen atoms in total. The first-order valence-corrected chi connectivity index (χ1v) is 9.65. The summed E-state index contributed by atoms with van der Waals surface area (Å²) in [6, 6.07) is 0. The topological polar surface area (TPSA) is 12.5 Å². The molecule has 0 aromatic rings. The second-order valence-electron chi connectivity index (χ2n) is 8.60. The lowest BCUT2D eigenvalue weighted by atomic mass is 9.73. The number of hydrogen-bond acceptors (Lipinski definition) is 2. The summed E-state index contributed by atoms with van der Waals surface area (Å²) in [6.07, 6.45) is 11.1. The lowest BCUT2D eigenvalue weighted by Gasteiger charge is -2.34. The molecule has 2 rings (SSSR count). The molecule has 1 unspecified atom stereocenters. The maximum atomic E-state index is 6.11. The third-order valence-electron chi connectivity index (χ3n) is 5.37. The molecule has 23 heavy (non-hydrogen) atoms. The van der Waals surface area contributed by atoms with Crippen LogP contribution in [-0.2, 0) is 4.74 Å². The van der Waals surface area contributed by atoms with Crippen LogP contribution < -0.4 is 0 Å². The molecule has 0 aromatic heterocycles. The van der Waals surface area contributed by atoms with E-state index in [1.54, 1.807) is 5.57 Å². The van der Waals surface area contributed by atoms with Gasteiger partial charge >= 0.3 is 0 Å². The fraction of sp³-hybridized carbons (Fsp3) is 0.810. The molecule has 1 heterocycles. The Kier molecular flexibility index (Phi) is 6.76. The van der Waals surface area contributed by atoms with E-state index in [1.807, 2.05) is 0 Å². The van der Waals surface area contributed by atoms with Crippen LogP contribution >= 0.6 is 0 Å². The minimum absolute atomic E-state index is 0.304. The fourth-order valence-electron chi connectivity index (χ4n) is 4.17. The Hall–Kier alpha value is -0.760. The van der Waals surface area contributed by atoms with Crippen molar-refractivity contribution in [1.82, 2.24) is 4.90 Å². The van der Waals surface area contributed by atoms with Gasteiger partial charge in [0.1, 0.15) is 6.61 Å². The molecular weight excluding hydrogens is 282 g/mol. The summed E-state index contributed by atoms with van der Waals surface area (Å²) in [7, 11) is 0. The van der Waals surface area contributed by atoms with Crippen molar-refractivity contribution in [3.63, 3.8) is 0 Å². The summed E-state index contributed by atoms with van der Waals surface area (Å²) in [5.41, 5.74) is 1.89. The van der Waals surface area contributed by atoms with E-state index in [1.165, 1.54) is 44.5 Å². The van der Waals surface area contributed by atoms with Crippen molar-refractivity contribution in [2.75, 3.05) is 26.2 Å². The highest BCUT2D eigenvalue weighted by molar-refractivity contribution is 5.27. The highest BCUT2D eigenvalue weighted by Crippen LogP contribution is 2.40. The Labute approximate surface area is 144 Å². The SMILES string of the molecule is CC(C)CC(C)(C)C1=CC=C(OCCN2CCCCC2)C(C)C1. The zero-order valence-corrected chi connectivity index (χ0v) is 16.0. The largest absolute Gasteiger partial charge is 0.496 e. The lowest BCUT2D eigenvalue weighted by molar-refractivity contribution is 0.126. The molecule has 0 saturated carbocycles. The molecule has 1 aliphatic heterocycles. The molecule has 2 aliphatic rings. The average molecular weight is 320 g/mol. The van der Waals surface area contributed by atoms with Crippen LogP contribution in [0.25, 0.3) is 0 Å². The first kappa shape index (κ1) is 18.6. The van der Waals surface area contributed by atoms with Crippen molar-refractivity contribution in [3.05, 3.63) is 23.5 Å². The van der Waals surface area contributed by atoms with Gasteiger partial charge in [0.2, 0.25) is 0 Å². The van der Waals surface area contributed by atoms with Crippen LogP contribution in [-0.4, -0.2) is 31.1 Å². The molecule has 0 amide bonds. The zero-order valence-electron chi connectivity index (χ0n) is 16.0. The third-order valence-corrected chi connectivity index (χ3v) is 5.37. The quantitative estimate of drug-likeness (QED) is 0.622. The Morgan fingerprint density at radius 2 is 1.87 bits per heavy atom. The monoisotopic (exact) mass is 319 g/mol. The number of ether oxygens (including phenoxy) is 1. The zero-order chi connectivity index (χ0) is 16.9. The molecular formula is C21H37NO. The summed E-state index contributed by atoms with van der Waals surface area (Å²) >= 11 is 0. The minimum Gasteiger partial charge on any atom is -0.496 e. The van der Waals surface area contributed by atoms with Crippen molar-refractivity contribution in [1.29, 1.82) is 0 Å². The Bertz CT molecular complexity index is 427. The maximum absolute atomic E-state index is 6.11. The van der Waals surface area contributed by atoms with Gasteiger partial charge in [-0.1, -0.05) is 52.7 Å². The van der Waals surface area contributed by atoms with E-state index in [-0.39, 0.29) is 0 Å². The maximum Gasteiger partial charge on any atom is 0.100 e. The van der Waals surface area contributed by atoms with E-state index >= 15 is 0 Å². The van der Waals surface area contributed by atoms with Gasteiger partial charge in [0.15, 0.2) is 0 Å². The van der Waals surface area contributed by atoms with Gasteiger partial charge in [-0.25, -0.2) is 0 Å². The van der Waals surface area contributed by atoms with Crippen LogP contribution in [0, 0.1) is 17.3 Å². The Morgan fingerprint density at radius 3 is 2.48 bits per heavy atom. The Morgan fingerprint density at radius 1 is 1.17 bits per heavy atom. The van der Waals surface area contributed by atoms with Crippen LogP contribution in [0.3, 0.4) is 0 Å². The number of allylic oxidation sites excluding steroid dienone is 4. The highest BCUT2D eigenvalue weighted by atomic mass is 16.5. The highest BCUT2D eigenvalue weighted by Gasteiger charge is 2.28. The van der Waals surface area contributed by atoms with Crippen molar-refractivity contribution < 1.29 is 4.74 Å². The van der Waals surface area contributed by atoms with E-state index in [4.69, 9.17) is 4.74 Å². The molecule has 0 aromatic carbocycles. The third kappa shape index (κ3) is 5.67. The Balaban J connectivity index is 1.85. The number of rotatable bonds is 7. The summed E-state index contributed by atoms with van der Waals surface area (Å²) < 4.78 is 6.11. The predicted molar refractivity (Wildman–Crippen MR) is 99.4 cm³/mol. The molecule has 0 N–H and O–H groups in total. The lowest BCUT2D eigenvalue weighted by Crippen LogP contribution is -2.33. The average Bonchev–Trinajstić information content (AvgIpc) is 2.48. The summed E-state index contributed by atoms with van der Waals surface area (Å²) in [4.78, 5) is 2.55. The number of piperidine rings is 1. The molecule has 0 bridgehead atoms. The molecule has 2 heteroatoms. The van der Waals surface area contributed by atoms with Gasteiger partial charge in [-0.2, -0.15) is 0 Å². The van der Waals surface area contributed by atoms with Crippen molar-refractivity contribution >= 4 is 0 Å². The van der Waals surface area contributed by atoms with E-state index in [0.717, 1.165) is 25.5 Å². The van der Waals surface area contributed by atoms with Crippen LogP contribution in [0.15, 0.2) is 23.5 Å². The van der Waals surface area contributed by atoms with Crippen LogP contribution in [0.1, 0.15) is 66.7 Å². The second-order valence-corrected chi connectivity index (χ2v) is 8.60. The molecule has 132 valence electrons. The molecule has 1 saturated heterocycles. The summed E-state index contributed by atoms with van der Waals surface area (Å²) in [5.74, 6) is 2.45. The predicted octanol–water partition coefficient (Wildman–Crippen LogP) is 5.41. The van der Waals surface area contributed by atoms with Gasteiger partial charge in [0, 0.05) is 12.5 Å². The molecule has 0 spiro atoms. The normalized spacial score (nSPS) is 23.7. The van der Waals surface area contributed by atoms with E-state index < -0.39 is 0 Å². The van der Waals surface area contributed by atoms with Gasteiger partial charge in [-0.3, -0.25) is 4.90 Å². The van der Waals surface area contributed by atoms with Crippen molar-refractivity contribution in [3.8, 4) is 0 Å². The van der Waals surface area contributed by atoms with Crippen LogP contribution in [0.2, 0.25) is 0 Å². The first-order valence-electron chi connectivity index (χ1n) is 9.65. The van der Waals surface area contributed by atoms with Crippen molar-refractivity contribution in [2.24, 2.45) is 17.3 Å². The molecule has 1 fully saturated rings. The number of likely N-dealkylation sites (tertiary alicyclic amines) is 1. The minimum atomic E-state index is 0.304. The van der Waals surface area contributed by atoms with Gasteiger partial charge in [0.25, 0.3) is 0 Å². The fourth-order valence-corrected chi connectivity index (χ4v) is 4.17. The van der Waals surface area contributed by atoms with E-state index in [0.29, 0.717) is 11.3 Å². The van der Waals surface area contributed by atoms with Crippen LogP contribution in [0.5, 0.6) is 0 Å². The molecule has 0 radical (unpaired) electrons.